The first-order valence-corrected chi connectivity index (χ1v) is 11.7. The van der Waals surface area contributed by atoms with Gasteiger partial charge in [-0.15, -0.1) is 0 Å². The van der Waals surface area contributed by atoms with Crippen molar-refractivity contribution in [1.29, 1.82) is 0 Å². The number of hydrogen-bond donors (Lipinski definition) is 0. The Kier molecular flexibility index (Phi) is 6.81. The Bertz CT molecular complexity index is 1100. The van der Waals surface area contributed by atoms with Crippen molar-refractivity contribution in [1.82, 2.24) is 4.90 Å². The van der Waals surface area contributed by atoms with Crippen molar-refractivity contribution >= 4 is 51.9 Å². The van der Waals surface area contributed by atoms with Gasteiger partial charge in [-0.1, -0.05) is 48.2 Å². The lowest BCUT2D eigenvalue weighted by atomic mass is 10.0. The molecule has 2 aliphatic rings. The second-order valence-electron chi connectivity index (χ2n) is 7.45. The molecule has 1 fully saturated rings. The molecule has 2 heterocycles. The number of likely N-dealkylation sites (N-methyl/N-ethyl adjacent to an activating group) is 1. The maximum absolute atomic E-state index is 12.9. The molecule has 0 aromatic heterocycles. The molecular weight excluding hydrogens is 444 g/mol. The quantitative estimate of drug-likeness (QED) is 0.466. The van der Waals surface area contributed by atoms with E-state index >= 15 is 0 Å². The normalized spacial score (nSPS) is 17.0. The highest BCUT2D eigenvalue weighted by atomic mass is 32.2. The fourth-order valence-electron chi connectivity index (χ4n) is 3.71. The van der Waals surface area contributed by atoms with Crippen LogP contribution in [0, 0.1) is 0 Å². The third-order valence-electron chi connectivity index (χ3n) is 5.31. The van der Waals surface area contributed by atoms with Crippen molar-refractivity contribution < 1.29 is 19.1 Å². The summed E-state index contributed by atoms with van der Waals surface area (Å²) in [5.41, 5.74) is 2.94. The van der Waals surface area contributed by atoms with E-state index in [9.17, 15) is 9.59 Å². The number of para-hydroxylation sites is 1. The van der Waals surface area contributed by atoms with Crippen LogP contribution in [0.4, 0.5) is 5.69 Å². The smallest absolute Gasteiger partial charge is 0.265 e. The molecule has 0 radical (unpaired) electrons. The molecule has 8 heteroatoms. The van der Waals surface area contributed by atoms with E-state index in [1.54, 1.807) is 24.1 Å². The second-order valence-corrected chi connectivity index (χ2v) is 9.12. The third-order valence-corrected chi connectivity index (χ3v) is 6.80. The summed E-state index contributed by atoms with van der Waals surface area (Å²) in [4.78, 5) is 29.0. The van der Waals surface area contributed by atoms with Crippen LogP contribution in [-0.2, 0) is 16.0 Å². The van der Waals surface area contributed by atoms with Gasteiger partial charge in [-0.05, 0) is 55.2 Å². The summed E-state index contributed by atoms with van der Waals surface area (Å²) in [6.45, 7) is 2.94. The predicted octanol–water partition coefficient (Wildman–Crippen LogP) is 4.27. The van der Waals surface area contributed by atoms with Crippen molar-refractivity contribution in [3.05, 3.63) is 58.5 Å². The molecule has 0 saturated carbocycles. The standard InChI is InChI=1S/C24H24N2O4S2/c1-3-29-20-13-16(14-21-23(28)25(2)24(31)32-21)10-11-19(20)30-15-22(27)26-12-6-8-17-7-4-5-9-18(17)26/h4-5,7,9-11,13-14H,3,6,8,12,15H2,1-2H3. The molecule has 0 spiro atoms. The van der Waals surface area contributed by atoms with Gasteiger partial charge in [0.1, 0.15) is 4.32 Å². The van der Waals surface area contributed by atoms with Crippen LogP contribution in [0.2, 0.25) is 0 Å². The molecule has 0 atom stereocenters. The summed E-state index contributed by atoms with van der Waals surface area (Å²) in [6, 6.07) is 13.4. The Labute approximate surface area is 197 Å². The van der Waals surface area contributed by atoms with Gasteiger partial charge in [0.2, 0.25) is 0 Å². The highest BCUT2D eigenvalue weighted by Gasteiger charge is 2.28. The van der Waals surface area contributed by atoms with E-state index in [0.29, 0.717) is 33.9 Å². The van der Waals surface area contributed by atoms with Gasteiger partial charge < -0.3 is 14.4 Å². The van der Waals surface area contributed by atoms with Crippen LogP contribution in [0.5, 0.6) is 11.5 Å². The zero-order valence-electron chi connectivity index (χ0n) is 18.0. The summed E-state index contributed by atoms with van der Waals surface area (Å²) in [5.74, 6) is 0.812. The predicted molar refractivity (Wildman–Crippen MR) is 131 cm³/mol. The Morgan fingerprint density at radius 1 is 1.19 bits per heavy atom. The molecule has 2 aliphatic heterocycles. The zero-order valence-corrected chi connectivity index (χ0v) is 19.6. The highest BCUT2D eigenvalue weighted by molar-refractivity contribution is 8.26. The summed E-state index contributed by atoms with van der Waals surface area (Å²) < 4.78 is 12.1. The molecule has 2 amide bonds. The van der Waals surface area contributed by atoms with Crippen molar-refractivity contribution in [3.8, 4) is 11.5 Å². The SMILES string of the molecule is CCOc1cc(C=C2SC(=S)N(C)C2=O)ccc1OCC(=O)N1CCCc2ccccc21. The Morgan fingerprint density at radius 3 is 2.75 bits per heavy atom. The Hall–Kier alpha value is -2.84. The molecule has 4 rings (SSSR count). The molecule has 0 unspecified atom stereocenters. The molecule has 32 heavy (non-hydrogen) atoms. The van der Waals surface area contributed by atoms with Gasteiger partial charge in [0.05, 0.1) is 11.5 Å². The number of benzene rings is 2. The highest BCUT2D eigenvalue weighted by Crippen LogP contribution is 2.34. The molecule has 2 aromatic carbocycles. The van der Waals surface area contributed by atoms with Gasteiger partial charge in [0, 0.05) is 19.3 Å². The van der Waals surface area contributed by atoms with Crippen LogP contribution in [0.3, 0.4) is 0 Å². The molecule has 2 aromatic rings. The van der Waals surface area contributed by atoms with Gasteiger partial charge in [-0.3, -0.25) is 14.5 Å². The van der Waals surface area contributed by atoms with Gasteiger partial charge in [-0.2, -0.15) is 0 Å². The third kappa shape index (κ3) is 4.66. The number of amides is 2. The molecule has 6 nitrogen and oxygen atoms in total. The summed E-state index contributed by atoms with van der Waals surface area (Å²) >= 11 is 6.46. The van der Waals surface area contributed by atoms with Crippen LogP contribution in [0.15, 0.2) is 47.4 Å². The molecule has 0 N–H and O–H groups in total. The van der Waals surface area contributed by atoms with Gasteiger partial charge in [0.15, 0.2) is 18.1 Å². The molecule has 166 valence electrons. The van der Waals surface area contributed by atoms with Gasteiger partial charge in [-0.25, -0.2) is 0 Å². The largest absolute Gasteiger partial charge is 0.490 e. The van der Waals surface area contributed by atoms with E-state index in [2.05, 4.69) is 6.07 Å². The average Bonchev–Trinajstić information content (AvgIpc) is 3.04. The fraction of sp³-hybridized carbons (Fsp3) is 0.292. The number of ether oxygens (including phenoxy) is 2. The lowest BCUT2D eigenvalue weighted by molar-refractivity contribution is -0.121. The molecular formula is C24H24N2O4S2. The minimum Gasteiger partial charge on any atom is -0.490 e. The molecule has 1 saturated heterocycles. The average molecular weight is 469 g/mol. The van der Waals surface area contributed by atoms with E-state index in [1.165, 1.54) is 22.2 Å². The number of thioether (sulfide) groups is 1. The first kappa shape index (κ1) is 22.4. The number of hydrogen-bond acceptors (Lipinski definition) is 6. The van der Waals surface area contributed by atoms with Gasteiger partial charge in [0.25, 0.3) is 11.8 Å². The summed E-state index contributed by atoms with van der Waals surface area (Å²) in [5, 5.41) is 0. The van der Waals surface area contributed by atoms with Gasteiger partial charge >= 0.3 is 0 Å². The Morgan fingerprint density at radius 2 is 2.00 bits per heavy atom. The van der Waals surface area contributed by atoms with Crippen LogP contribution >= 0.6 is 24.0 Å². The minimum atomic E-state index is -0.120. The number of anilines is 1. The topological polar surface area (TPSA) is 59.1 Å². The van der Waals surface area contributed by atoms with Crippen molar-refractivity contribution in [2.24, 2.45) is 0 Å². The lowest BCUT2D eigenvalue weighted by Crippen LogP contribution is -2.38. The minimum absolute atomic E-state index is 0.0811. The Balaban J connectivity index is 1.49. The van der Waals surface area contributed by atoms with Crippen molar-refractivity contribution in [3.63, 3.8) is 0 Å². The summed E-state index contributed by atoms with van der Waals surface area (Å²) in [7, 11) is 1.67. The monoisotopic (exact) mass is 468 g/mol. The van der Waals surface area contributed by atoms with E-state index in [-0.39, 0.29) is 18.4 Å². The van der Waals surface area contributed by atoms with Crippen LogP contribution < -0.4 is 14.4 Å². The van der Waals surface area contributed by atoms with Crippen molar-refractivity contribution in [2.75, 3.05) is 31.7 Å². The molecule has 0 aliphatic carbocycles. The van der Waals surface area contributed by atoms with E-state index < -0.39 is 0 Å². The maximum atomic E-state index is 12.9. The van der Waals surface area contributed by atoms with E-state index in [0.717, 1.165) is 24.1 Å². The first-order chi connectivity index (χ1) is 15.5. The fourth-order valence-corrected chi connectivity index (χ4v) is 4.89. The van der Waals surface area contributed by atoms with E-state index in [1.807, 2.05) is 37.3 Å². The number of carbonyl (C=O) groups is 2. The first-order valence-electron chi connectivity index (χ1n) is 10.5. The summed E-state index contributed by atoms with van der Waals surface area (Å²) in [6.07, 6.45) is 3.70. The maximum Gasteiger partial charge on any atom is 0.265 e. The van der Waals surface area contributed by atoms with Crippen LogP contribution in [0.25, 0.3) is 6.08 Å². The number of thiocarbonyl (C=S) groups is 1. The number of rotatable bonds is 6. The number of fused-ring (bicyclic) bond motifs is 1. The van der Waals surface area contributed by atoms with Crippen LogP contribution in [0.1, 0.15) is 24.5 Å². The lowest BCUT2D eigenvalue weighted by Gasteiger charge is -2.29. The second kappa shape index (κ2) is 9.75. The van der Waals surface area contributed by atoms with Crippen LogP contribution in [-0.4, -0.2) is 47.8 Å². The zero-order chi connectivity index (χ0) is 22.7. The number of nitrogens with zero attached hydrogens (tertiary/aromatic N) is 2. The number of carbonyl (C=O) groups excluding carboxylic acids is 2. The van der Waals surface area contributed by atoms with Crippen molar-refractivity contribution in [2.45, 2.75) is 19.8 Å². The number of aryl methyl sites for hydroxylation is 1. The van der Waals surface area contributed by atoms with E-state index in [4.69, 9.17) is 21.7 Å². The molecule has 0 bridgehead atoms.